The Morgan fingerprint density at radius 2 is 2.04 bits per heavy atom. The minimum absolute atomic E-state index is 0.136. The van der Waals surface area contributed by atoms with Crippen molar-refractivity contribution >= 4 is 29.0 Å². The fraction of sp³-hybridized carbons (Fsp3) is 0.167. The molecular weight excluding hydrogens is 347 g/mol. The second kappa shape index (κ2) is 7.16. The lowest BCUT2D eigenvalue weighted by Crippen LogP contribution is -2.03. The van der Waals surface area contributed by atoms with Crippen LogP contribution in [-0.2, 0) is 6.42 Å². The molecule has 0 saturated heterocycles. The van der Waals surface area contributed by atoms with Crippen LogP contribution in [0.2, 0.25) is 10.2 Å². The van der Waals surface area contributed by atoms with Crippen molar-refractivity contribution in [2.24, 2.45) is 0 Å². The quantitative estimate of drug-likeness (QED) is 0.465. The standard InChI is InChI=1S/C18H14Cl2N2O2/c1-11-3-2-4-12(7-11)16-9-14(24-22-16)5-6-17(23)15-8-13(19)10-21-18(15)20/h2-4,7-10H,5-6H2,1H3. The van der Waals surface area contributed by atoms with E-state index in [-0.39, 0.29) is 17.4 Å². The van der Waals surface area contributed by atoms with Crippen LogP contribution in [-0.4, -0.2) is 15.9 Å². The van der Waals surface area contributed by atoms with E-state index in [0.29, 0.717) is 22.8 Å². The molecule has 0 aliphatic carbocycles. The van der Waals surface area contributed by atoms with Crippen LogP contribution in [0.15, 0.2) is 47.1 Å². The van der Waals surface area contributed by atoms with Crippen molar-refractivity contribution in [2.75, 3.05) is 0 Å². The van der Waals surface area contributed by atoms with Gasteiger partial charge in [0.1, 0.15) is 16.6 Å². The van der Waals surface area contributed by atoms with Crippen molar-refractivity contribution in [2.45, 2.75) is 19.8 Å². The number of hydrogen-bond acceptors (Lipinski definition) is 4. The summed E-state index contributed by atoms with van der Waals surface area (Å²) >= 11 is 11.8. The number of ketones is 1. The average Bonchev–Trinajstić information content (AvgIpc) is 3.04. The number of carbonyl (C=O) groups is 1. The Bertz CT molecular complexity index is 890. The molecule has 0 bridgehead atoms. The summed E-state index contributed by atoms with van der Waals surface area (Å²) in [6.07, 6.45) is 2.08. The lowest BCUT2D eigenvalue weighted by molar-refractivity contribution is 0.0980. The van der Waals surface area contributed by atoms with Gasteiger partial charge in [0.05, 0.1) is 10.6 Å². The van der Waals surface area contributed by atoms with E-state index < -0.39 is 0 Å². The molecule has 1 aromatic carbocycles. The number of rotatable bonds is 5. The van der Waals surface area contributed by atoms with Crippen LogP contribution in [0.25, 0.3) is 11.3 Å². The molecule has 0 spiro atoms. The maximum absolute atomic E-state index is 12.3. The number of carbonyl (C=O) groups excluding carboxylic acids is 1. The van der Waals surface area contributed by atoms with Gasteiger partial charge in [-0.1, -0.05) is 52.1 Å². The molecular formula is C18H14Cl2N2O2. The van der Waals surface area contributed by atoms with Crippen molar-refractivity contribution < 1.29 is 9.32 Å². The van der Waals surface area contributed by atoms with Crippen LogP contribution >= 0.6 is 23.2 Å². The summed E-state index contributed by atoms with van der Waals surface area (Å²) in [7, 11) is 0. The van der Waals surface area contributed by atoms with Gasteiger partial charge in [-0.25, -0.2) is 4.98 Å². The fourth-order valence-corrected chi connectivity index (χ4v) is 2.73. The first kappa shape index (κ1) is 16.7. The summed E-state index contributed by atoms with van der Waals surface area (Å²) in [5.74, 6) is 0.509. The van der Waals surface area contributed by atoms with E-state index in [9.17, 15) is 4.79 Å². The van der Waals surface area contributed by atoms with Crippen molar-refractivity contribution in [1.82, 2.24) is 10.1 Å². The summed E-state index contributed by atoms with van der Waals surface area (Å²) in [5, 5.41) is 4.60. The Balaban J connectivity index is 1.69. The zero-order valence-electron chi connectivity index (χ0n) is 12.9. The molecule has 24 heavy (non-hydrogen) atoms. The van der Waals surface area contributed by atoms with Gasteiger partial charge in [-0.2, -0.15) is 0 Å². The van der Waals surface area contributed by atoms with Gasteiger partial charge in [0.15, 0.2) is 5.78 Å². The second-order valence-electron chi connectivity index (χ2n) is 5.46. The smallest absolute Gasteiger partial charge is 0.166 e. The third-order valence-corrected chi connectivity index (χ3v) is 4.09. The molecule has 3 aromatic rings. The zero-order valence-corrected chi connectivity index (χ0v) is 14.4. The van der Waals surface area contributed by atoms with Crippen LogP contribution in [0.5, 0.6) is 0 Å². The van der Waals surface area contributed by atoms with E-state index in [0.717, 1.165) is 16.8 Å². The number of pyridine rings is 1. The minimum Gasteiger partial charge on any atom is -0.361 e. The Labute approximate surface area is 149 Å². The molecule has 0 fully saturated rings. The topological polar surface area (TPSA) is 56.0 Å². The van der Waals surface area contributed by atoms with Gasteiger partial charge in [0.25, 0.3) is 0 Å². The van der Waals surface area contributed by atoms with Gasteiger partial charge in [-0.3, -0.25) is 4.79 Å². The number of nitrogens with zero attached hydrogens (tertiary/aromatic N) is 2. The van der Waals surface area contributed by atoms with Crippen LogP contribution < -0.4 is 0 Å². The number of halogens is 2. The molecule has 2 aromatic heterocycles. The molecule has 0 radical (unpaired) electrons. The zero-order chi connectivity index (χ0) is 17.1. The fourth-order valence-electron chi connectivity index (χ4n) is 2.36. The van der Waals surface area contributed by atoms with Gasteiger partial charge in [-0.15, -0.1) is 0 Å². The Hall–Kier alpha value is -2.17. The summed E-state index contributed by atoms with van der Waals surface area (Å²) in [6, 6.07) is 11.4. The second-order valence-corrected chi connectivity index (χ2v) is 6.26. The maximum atomic E-state index is 12.3. The van der Waals surface area contributed by atoms with Gasteiger partial charge in [0, 0.05) is 30.7 Å². The molecule has 4 nitrogen and oxygen atoms in total. The maximum Gasteiger partial charge on any atom is 0.166 e. The monoisotopic (exact) mass is 360 g/mol. The first-order chi connectivity index (χ1) is 11.5. The van der Waals surface area contributed by atoms with Crippen molar-refractivity contribution in [3.63, 3.8) is 0 Å². The molecule has 6 heteroatoms. The van der Waals surface area contributed by atoms with E-state index in [2.05, 4.69) is 10.1 Å². The highest BCUT2D eigenvalue weighted by atomic mass is 35.5. The van der Waals surface area contributed by atoms with Crippen molar-refractivity contribution in [1.29, 1.82) is 0 Å². The van der Waals surface area contributed by atoms with Gasteiger partial charge < -0.3 is 4.52 Å². The normalized spacial score (nSPS) is 10.8. The largest absolute Gasteiger partial charge is 0.361 e. The number of aryl methyl sites for hydroxylation is 2. The van der Waals surface area contributed by atoms with Crippen LogP contribution in [0, 0.1) is 6.92 Å². The Morgan fingerprint density at radius 3 is 2.83 bits per heavy atom. The molecule has 3 rings (SSSR count). The molecule has 0 atom stereocenters. The molecule has 122 valence electrons. The van der Waals surface area contributed by atoms with E-state index >= 15 is 0 Å². The van der Waals surface area contributed by atoms with Gasteiger partial charge in [-0.05, 0) is 19.1 Å². The predicted octanol–water partition coefficient (Wildman–Crippen LogP) is 5.17. The highest BCUT2D eigenvalue weighted by molar-refractivity contribution is 6.34. The predicted molar refractivity (Wildman–Crippen MR) is 93.6 cm³/mol. The van der Waals surface area contributed by atoms with Crippen molar-refractivity contribution in [3.05, 3.63) is 69.7 Å². The van der Waals surface area contributed by atoms with Crippen LogP contribution in [0.4, 0.5) is 0 Å². The molecule has 0 amide bonds. The highest BCUT2D eigenvalue weighted by Gasteiger charge is 2.14. The van der Waals surface area contributed by atoms with Crippen LogP contribution in [0.1, 0.15) is 28.1 Å². The minimum atomic E-state index is -0.136. The molecule has 0 unspecified atom stereocenters. The van der Waals surface area contributed by atoms with E-state index in [1.807, 2.05) is 37.3 Å². The summed E-state index contributed by atoms with van der Waals surface area (Å²) in [4.78, 5) is 16.2. The highest BCUT2D eigenvalue weighted by Crippen LogP contribution is 2.23. The third kappa shape index (κ3) is 3.83. The van der Waals surface area contributed by atoms with Gasteiger partial charge >= 0.3 is 0 Å². The molecule has 2 heterocycles. The van der Waals surface area contributed by atoms with E-state index in [4.69, 9.17) is 27.7 Å². The number of benzene rings is 1. The van der Waals surface area contributed by atoms with Crippen molar-refractivity contribution in [3.8, 4) is 11.3 Å². The molecule has 0 saturated carbocycles. The number of hydrogen-bond donors (Lipinski definition) is 0. The first-order valence-electron chi connectivity index (χ1n) is 7.40. The SMILES string of the molecule is Cc1cccc(-c2cc(CCC(=O)c3cc(Cl)cnc3Cl)on2)c1. The third-order valence-electron chi connectivity index (χ3n) is 3.58. The van der Waals surface area contributed by atoms with E-state index in [1.54, 1.807) is 0 Å². The molecule has 0 N–H and O–H groups in total. The lowest BCUT2D eigenvalue weighted by atomic mass is 10.1. The average molecular weight is 361 g/mol. The van der Waals surface area contributed by atoms with Gasteiger partial charge in [0.2, 0.25) is 0 Å². The summed E-state index contributed by atoms with van der Waals surface area (Å²) in [5.41, 5.74) is 3.21. The van der Waals surface area contributed by atoms with Crippen LogP contribution in [0.3, 0.4) is 0 Å². The number of aromatic nitrogens is 2. The molecule has 0 aliphatic rings. The summed E-state index contributed by atoms with van der Waals surface area (Å²) in [6.45, 7) is 2.02. The van der Waals surface area contributed by atoms with E-state index in [1.165, 1.54) is 12.3 Å². The Kier molecular flexibility index (Phi) is 4.97. The lowest BCUT2D eigenvalue weighted by Gasteiger charge is -2.02. The first-order valence-corrected chi connectivity index (χ1v) is 8.15. The molecule has 0 aliphatic heterocycles. The number of Topliss-reactive ketones (excluding diaryl/α,β-unsaturated/α-hetero) is 1. The Morgan fingerprint density at radius 1 is 1.21 bits per heavy atom. The summed E-state index contributed by atoms with van der Waals surface area (Å²) < 4.78 is 5.32.